The Kier molecular flexibility index (Phi) is 1.51. The first-order valence-electron chi connectivity index (χ1n) is 3.63. The number of nitrogens with one attached hydrogen (secondary N) is 2. The molecule has 4 nitrogen and oxygen atoms in total. The van der Waals surface area contributed by atoms with E-state index in [2.05, 4.69) is 15.7 Å². The van der Waals surface area contributed by atoms with Crippen molar-refractivity contribution in [2.24, 2.45) is 4.99 Å². The van der Waals surface area contributed by atoms with E-state index in [0.29, 0.717) is 0 Å². The van der Waals surface area contributed by atoms with E-state index in [4.69, 9.17) is 0 Å². The third kappa shape index (κ3) is 1.34. The Labute approximate surface area is 64.9 Å². The molecule has 1 aliphatic rings. The van der Waals surface area contributed by atoms with Gasteiger partial charge < -0.3 is 5.32 Å². The van der Waals surface area contributed by atoms with Crippen molar-refractivity contribution in [3.05, 3.63) is 24.5 Å². The van der Waals surface area contributed by atoms with Gasteiger partial charge in [-0.05, 0) is 12.1 Å². The van der Waals surface area contributed by atoms with Crippen LogP contribution in [0.1, 0.15) is 0 Å². The molecule has 1 aromatic heterocycles. The summed E-state index contributed by atoms with van der Waals surface area (Å²) in [7, 11) is 0. The number of hydrogen-bond donors (Lipinski definition) is 2. The molecule has 0 saturated carbocycles. The fourth-order valence-corrected chi connectivity index (χ4v) is 1.00. The number of nitrogens with zero attached hydrogens (tertiary/aromatic N) is 2. The van der Waals surface area contributed by atoms with Gasteiger partial charge in [0.1, 0.15) is 0 Å². The Morgan fingerprint density at radius 2 is 2.27 bits per heavy atom. The van der Waals surface area contributed by atoms with E-state index < -0.39 is 0 Å². The average Bonchev–Trinajstić information content (AvgIpc) is 2.60. The summed E-state index contributed by atoms with van der Waals surface area (Å²) in [5, 5.41) is 3.11. The van der Waals surface area contributed by atoms with E-state index in [-0.39, 0.29) is 0 Å². The van der Waals surface area contributed by atoms with Gasteiger partial charge in [0.15, 0.2) is 0 Å². The van der Waals surface area contributed by atoms with Crippen LogP contribution in [0.3, 0.4) is 0 Å². The molecule has 0 aromatic carbocycles. The number of hydrogen-bond acceptors (Lipinski definition) is 3. The quantitative estimate of drug-likeness (QED) is 0.591. The number of rotatable bonds is 1. The maximum absolute atomic E-state index is 4.18. The summed E-state index contributed by atoms with van der Waals surface area (Å²) in [5.41, 5.74) is 3.08. The monoisotopic (exact) mass is 150 g/mol. The average molecular weight is 150 g/mol. The SMILES string of the molecule is c1ccn(NC2=NCCN2)c1. The van der Waals surface area contributed by atoms with Crippen LogP contribution >= 0.6 is 0 Å². The van der Waals surface area contributed by atoms with E-state index >= 15 is 0 Å². The molecule has 0 amide bonds. The molecule has 1 aliphatic heterocycles. The lowest BCUT2D eigenvalue weighted by Crippen LogP contribution is -2.31. The van der Waals surface area contributed by atoms with Gasteiger partial charge in [-0.2, -0.15) is 0 Å². The molecule has 11 heavy (non-hydrogen) atoms. The van der Waals surface area contributed by atoms with Crippen LogP contribution in [0.25, 0.3) is 0 Å². The molecule has 1 aromatic rings. The molecule has 4 heteroatoms. The fraction of sp³-hybridized carbons (Fsp3) is 0.286. The van der Waals surface area contributed by atoms with Crippen molar-refractivity contribution in [2.75, 3.05) is 18.5 Å². The van der Waals surface area contributed by atoms with Crippen LogP contribution in [0, 0.1) is 0 Å². The molecule has 0 atom stereocenters. The summed E-state index contributed by atoms with van der Waals surface area (Å²) in [6, 6.07) is 3.92. The van der Waals surface area contributed by atoms with Crippen LogP contribution < -0.4 is 10.7 Å². The van der Waals surface area contributed by atoms with Crippen molar-refractivity contribution in [2.45, 2.75) is 0 Å². The Morgan fingerprint density at radius 3 is 2.91 bits per heavy atom. The van der Waals surface area contributed by atoms with E-state index in [0.717, 1.165) is 19.0 Å². The third-order valence-corrected chi connectivity index (χ3v) is 1.51. The summed E-state index contributed by atoms with van der Waals surface area (Å²) in [6.45, 7) is 1.80. The first kappa shape index (κ1) is 6.27. The van der Waals surface area contributed by atoms with Crippen molar-refractivity contribution in [3.8, 4) is 0 Å². The lowest BCUT2D eigenvalue weighted by molar-refractivity contribution is 0.930. The molecule has 0 fully saturated rings. The van der Waals surface area contributed by atoms with Gasteiger partial charge in [0.25, 0.3) is 0 Å². The Balaban J connectivity index is 2.00. The van der Waals surface area contributed by atoms with Crippen LogP contribution in [0.2, 0.25) is 0 Å². The first-order valence-corrected chi connectivity index (χ1v) is 3.63. The summed E-state index contributed by atoms with van der Waals surface area (Å²) < 4.78 is 1.86. The van der Waals surface area contributed by atoms with Crippen molar-refractivity contribution < 1.29 is 0 Å². The maximum atomic E-state index is 4.18. The number of aliphatic imine (C=N–C) groups is 1. The highest BCUT2D eigenvalue weighted by Crippen LogP contribution is 1.87. The van der Waals surface area contributed by atoms with E-state index in [1.54, 1.807) is 0 Å². The van der Waals surface area contributed by atoms with Gasteiger partial charge in [-0.15, -0.1) is 0 Å². The van der Waals surface area contributed by atoms with Gasteiger partial charge in [-0.25, -0.2) is 0 Å². The van der Waals surface area contributed by atoms with Crippen molar-refractivity contribution in [3.63, 3.8) is 0 Å². The van der Waals surface area contributed by atoms with Crippen LogP contribution in [0.4, 0.5) is 0 Å². The second kappa shape index (κ2) is 2.65. The van der Waals surface area contributed by atoms with Crippen LogP contribution in [0.15, 0.2) is 29.5 Å². The summed E-state index contributed by atoms with van der Waals surface area (Å²) >= 11 is 0. The molecular weight excluding hydrogens is 140 g/mol. The molecule has 2 N–H and O–H groups in total. The minimum Gasteiger partial charge on any atom is -0.353 e. The lowest BCUT2D eigenvalue weighted by Gasteiger charge is -2.05. The molecule has 0 radical (unpaired) electrons. The molecule has 0 spiro atoms. The van der Waals surface area contributed by atoms with Crippen molar-refractivity contribution >= 4 is 5.96 Å². The van der Waals surface area contributed by atoms with E-state index in [9.17, 15) is 0 Å². The van der Waals surface area contributed by atoms with Gasteiger partial charge in [0, 0.05) is 18.9 Å². The van der Waals surface area contributed by atoms with Crippen molar-refractivity contribution in [1.29, 1.82) is 0 Å². The van der Waals surface area contributed by atoms with Gasteiger partial charge in [-0.1, -0.05) is 0 Å². The molecule has 2 heterocycles. The minimum atomic E-state index is 0.848. The molecule has 2 rings (SSSR count). The van der Waals surface area contributed by atoms with Crippen molar-refractivity contribution in [1.82, 2.24) is 9.99 Å². The Morgan fingerprint density at radius 1 is 1.45 bits per heavy atom. The largest absolute Gasteiger partial charge is 0.353 e. The third-order valence-electron chi connectivity index (χ3n) is 1.51. The fourth-order valence-electron chi connectivity index (χ4n) is 1.00. The topological polar surface area (TPSA) is 41.4 Å². The van der Waals surface area contributed by atoms with Crippen LogP contribution in [0.5, 0.6) is 0 Å². The van der Waals surface area contributed by atoms with Gasteiger partial charge in [0.05, 0.1) is 6.54 Å². The minimum absolute atomic E-state index is 0.848. The van der Waals surface area contributed by atoms with E-state index in [1.165, 1.54) is 0 Å². The predicted octanol–water partition coefficient (Wildman–Crippen LogP) is -0.00920. The van der Waals surface area contributed by atoms with Gasteiger partial charge in [0.2, 0.25) is 5.96 Å². The highest BCUT2D eigenvalue weighted by Gasteiger charge is 2.02. The standard InChI is InChI=1S/C7H10N4/c1-2-6-11(5-1)10-7-8-3-4-9-7/h1-2,5-6H,3-4H2,(H2,8,9,10). The highest BCUT2D eigenvalue weighted by atomic mass is 15.5. The zero-order chi connectivity index (χ0) is 7.52. The summed E-state index contributed by atoms with van der Waals surface area (Å²) in [4.78, 5) is 4.18. The molecular formula is C7H10N4. The maximum Gasteiger partial charge on any atom is 0.210 e. The Hall–Kier alpha value is -1.45. The molecule has 0 aliphatic carbocycles. The van der Waals surface area contributed by atoms with E-state index in [1.807, 2.05) is 29.2 Å². The highest BCUT2D eigenvalue weighted by molar-refractivity contribution is 5.88. The van der Waals surface area contributed by atoms with Crippen LogP contribution in [-0.4, -0.2) is 23.7 Å². The number of aromatic nitrogens is 1. The molecule has 0 saturated heterocycles. The molecule has 0 unspecified atom stereocenters. The first-order chi connectivity index (χ1) is 5.45. The predicted molar refractivity (Wildman–Crippen MR) is 44.1 cm³/mol. The summed E-state index contributed by atoms with van der Waals surface area (Å²) in [6.07, 6.45) is 3.87. The second-order valence-corrected chi connectivity index (χ2v) is 2.36. The van der Waals surface area contributed by atoms with Gasteiger partial charge in [-0.3, -0.25) is 15.1 Å². The smallest absolute Gasteiger partial charge is 0.210 e. The normalized spacial score (nSPS) is 15.8. The molecule has 58 valence electrons. The lowest BCUT2D eigenvalue weighted by atomic mass is 10.7. The summed E-state index contributed by atoms with van der Waals surface area (Å²) in [5.74, 6) is 0.848. The number of guanidine groups is 1. The Bertz CT molecular complexity index is 249. The zero-order valence-electron chi connectivity index (χ0n) is 6.12. The molecule has 0 bridgehead atoms. The van der Waals surface area contributed by atoms with Crippen LogP contribution in [-0.2, 0) is 0 Å². The van der Waals surface area contributed by atoms with Gasteiger partial charge >= 0.3 is 0 Å². The second-order valence-electron chi connectivity index (χ2n) is 2.36. The zero-order valence-corrected chi connectivity index (χ0v) is 6.12.